The summed E-state index contributed by atoms with van der Waals surface area (Å²) in [4.78, 5) is 11.3. The Bertz CT molecular complexity index is 852. The molecule has 1 atom stereocenters. The molecule has 1 unspecified atom stereocenters. The second kappa shape index (κ2) is 9.12. The van der Waals surface area contributed by atoms with E-state index in [0.717, 1.165) is 22.4 Å². The number of nitrogens with one attached hydrogen (secondary N) is 2. The number of halogens is 2. The molecule has 26 heavy (non-hydrogen) atoms. The summed E-state index contributed by atoms with van der Waals surface area (Å²) < 4.78 is 0. The van der Waals surface area contributed by atoms with Crippen molar-refractivity contribution in [2.45, 2.75) is 12.8 Å². The minimum Gasteiger partial charge on any atom is -0.506 e. The van der Waals surface area contributed by atoms with Gasteiger partial charge in [-0.1, -0.05) is 18.2 Å². The lowest BCUT2D eigenvalue weighted by molar-refractivity contribution is -0.119. The third kappa shape index (κ3) is 4.68. The largest absolute Gasteiger partial charge is 0.506 e. The summed E-state index contributed by atoms with van der Waals surface area (Å²) in [5, 5.41) is 19.9. The normalized spacial score (nSPS) is 11.0. The SMILES string of the molecule is CC(C(N)=O)c1ccc(O)c(Nc2ccc(-c3cn[nH]c3)cc2)c1.Cl.Cl. The minimum atomic E-state index is -0.422. The number of aromatic nitrogens is 2. The molecular weight excluding hydrogens is 375 g/mol. The van der Waals surface area contributed by atoms with Crippen LogP contribution < -0.4 is 11.1 Å². The highest BCUT2D eigenvalue weighted by Gasteiger charge is 2.13. The zero-order chi connectivity index (χ0) is 17.1. The minimum absolute atomic E-state index is 0. The first-order chi connectivity index (χ1) is 11.5. The summed E-state index contributed by atoms with van der Waals surface area (Å²) in [6.07, 6.45) is 3.58. The molecule has 0 aliphatic heterocycles. The number of phenols is 1. The Morgan fingerprint density at radius 1 is 1.15 bits per heavy atom. The van der Waals surface area contributed by atoms with Crippen LogP contribution in [0.2, 0.25) is 0 Å². The van der Waals surface area contributed by atoms with Gasteiger partial charge in [-0.3, -0.25) is 9.89 Å². The number of rotatable bonds is 5. The van der Waals surface area contributed by atoms with Gasteiger partial charge in [0.15, 0.2) is 0 Å². The Hall–Kier alpha value is -2.70. The number of carbonyl (C=O) groups is 1. The number of primary amides is 1. The van der Waals surface area contributed by atoms with Gasteiger partial charge in [-0.25, -0.2) is 0 Å². The Balaban J connectivity index is 0.00000169. The van der Waals surface area contributed by atoms with Gasteiger partial charge in [0.1, 0.15) is 5.75 Å². The lowest BCUT2D eigenvalue weighted by atomic mass is 9.99. The van der Waals surface area contributed by atoms with Crippen molar-refractivity contribution in [3.63, 3.8) is 0 Å². The summed E-state index contributed by atoms with van der Waals surface area (Å²) in [7, 11) is 0. The van der Waals surface area contributed by atoms with Crippen molar-refractivity contribution in [3.05, 3.63) is 60.4 Å². The molecule has 1 aromatic heterocycles. The number of H-pyrrole nitrogens is 1. The van der Waals surface area contributed by atoms with Crippen molar-refractivity contribution in [3.8, 4) is 16.9 Å². The number of amides is 1. The highest BCUT2D eigenvalue weighted by molar-refractivity contribution is 5.85. The molecule has 3 rings (SSSR count). The van der Waals surface area contributed by atoms with E-state index in [1.807, 2.05) is 30.5 Å². The van der Waals surface area contributed by atoms with Gasteiger partial charge in [0.05, 0.1) is 17.8 Å². The van der Waals surface area contributed by atoms with Crippen LogP contribution in [0.15, 0.2) is 54.9 Å². The third-order valence-electron chi connectivity index (χ3n) is 3.94. The van der Waals surface area contributed by atoms with Crippen LogP contribution in [0.3, 0.4) is 0 Å². The van der Waals surface area contributed by atoms with Crippen LogP contribution in [0.25, 0.3) is 11.1 Å². The maximum absolute atomic E-state index is 11.3. The lowest BCUT2D eigenvalue weighted by Gasteiger charge is -2.13. The molecule has 1 heterocycles. The van der Waals surface area contributed by atoms with Gasteiger partial charge in [0.2, 0.25) is 5.91 Å². The first-order valence-corrected chi connectivity index (χ1v) is 7.53. The van der Waals surface area contributed by atoms with Crippen molar-refractivity contribution in [1.82, 2.24) is 10.2 Å². The molecule has 8 heteroatoms. The first kappa shape index (κ1) is 21.3. The fraction of sp³-hybridized carbons (Fsp3) is 0.111. The zero-order valence-electron chi connectivity index (χ0n) is 14.0. The van der Waals surface area contributed by atoms with E-state index < -0.39 is 11.8 Å². The van der Waals surface area contributed by atoms with Gasteiger partial charge < -0.3 is 16.2 Å². The molecule has 138 valence electrons. The van der Waals surface area contributed by atoms with Crippen LogP contribution in [0.4, 0.5) is 11.4 Å². The molecule has 5 N–H and O–H groups in total. The molecule has 1 amide bonds. The van der Waals surface area contributed by atoms with Gasteiger partial charge in [0.25, 0.3) is 0 Å². The summed E-state index contributed by atoms with van der Waals surface area (Å²) in [6.45, 7) is 1.73. The van der Waals surface area contributed by atoms with Crippen molar-refractivity contribution in [1.29, 1.82) is 0 Å². The molecule has 0 radical (unpaired) electrons. The molecule has 0 fully saturated rings. The third-order valence-corrected chi connectivity index (χ3v) is 3.94. The van der Waals surface area contributed by atoms with Crippen LogP contribution in [0.1, 0.15) is 18.4 Å². The average Bonchev–Trinajstić information content (AvgIpc) is 3.11. The molecule has 0 aliphatic rings. The van der Waals surface area contributed by atoms with Crippen LogP contribution in [-0.2, 0) is 4.79 Å². The average molecular weight is 395 g/mol. The molecule has 0 aliphatic carbocycles. The van der Waals surface area contributed by atoms with E-state index in [-0.39, 0.29) is 30.6 Å². The molecule has 3 aromatic rings. The summed E-state index contributed by atoms with van der Waals surface area (Å²) in [5.41, 5.74) is 9.47. The Morgan fingerprint density at radius 2 is 1.85 bits per heavy atom. The van der Waals surface area contributed by atoms with E-state index in [0.29, 0.717) is 5.69 Å². The molecule has 0 saturated carbocycles. The number of hydrogen-bond donors (Lipinski definition) is 4. The number of anilines is 2. The highest BCUT2D eigenvalue weighted by atomic mass is 35.5. The van der Waals surface area contributed by atoms with Crippen LogP contribution in [0, 0.1) is 0 Å². The van der Waals surface area contributed by atoms with E-state index in [9.17, 15) is 9.90 Å². The van der Waals surface area contributed by atoms with Gasteiger partial charge in [-0.2, -0.15) is 5.10 Å². The second-order valence-corrected chi connectivity index (χ2v) is 5.59. The number of hydrogen-bond acceptors (Lipinski definition) is 4. The standard InChI is InChI=1S/C18H18N4O2.2ClH/c1-11(18(19)24)13-4-7-17(23)16(8-13)22-15-5-2-12(3-6-15)14-9-20-21-10-14;;/h2-11,22-23H,1H3,(H2,19,24)(H,20,21);2*1H. The lowest BCUT2D eigenvalue weighted by Crippen LogP contribution is -2.18. The number of nitrogens with two attached hydrogens (primary N) is 1. The predicted octanol–water partition coefficient (Wildman–Crippen LogP) is 3.96. The maximum atomic E-state index is 11.3. The van der Waals surface area contributed by atoms with E-state index in [1.165, 1.54) is 0 Å². The fourth-order valence-electron chi connectivity index (χ4n) is 2.40. The van der Waals surface area contributed by atoms with Crippen molar-refractivity contribution in [2.24, 2.45) is 5.73 Å². The monoisotopic (exact) mass is 394 g/mol. The van der Waals surface area contributed by atoms with Gasteiger partial charge in [0, 0.05) is 17.4 Å². The smallest absolute Gasteiger partial charge is 0.224 e. The molecule has 0 saturated heterocycles. The highest BCUT2D eigenvalue weighted by Crippen LogP contribution is 2.31. The summed E-state index contributed by atoms with van der Waals surface area (Å²) >= 11 is 0. The van der Waals surface area contributed by atoms with Gasteiger partial charge in [-0.05, 0) is 42.3 Å². The van der Waals surface area contributed by atoms with E-state index in [2.05, 4.69) is 15.5 Å². The zero-order valence-corrected chi connectivity index (χ0v) is 15.6. The Morgan fingerprint density at radius 3 is 2.42 bits per heavy atom. The fourth-order valence-corrected chi connectivity index (χ4v) is 2.40. The molecule has 2 aromatic carbocycles. The number of carbonyl (C=O) groups excluding carboxylic acids is 1. The number of nitrogens with zero attached hydrogens (tertiary/aromatic N) is 1. The number of aromatic amines is 1. The van der Waals surface area contributed by atoms with Crippen molar-refractivity contribution >= 4 is 42.1 Å². The van der Waals surface area contributed by atoms with Gasteiger partial charge in [-0.15, -0.1) is 24.8 Å². The van der Waals surface area contributed by atoms with Crippen molar-refractivity contribution < 1.29 is 9.90 Å². The van der Waals surface area contributed by atoms with Crippen LogP contribution in [-0.4, -0.2) is 21.2 Å². The topological polar surface area (TPSA) is 104 Å². The molecule has 0 bridgehead atoms. The van der Waals surface area contributed by atoms with E-state index in [4.69, 9.17) is 5.73 Å². The summed E-state index contributed by atoms with van der Waals surface area (Å²) in [6, 6.07) is 12.7. The van der Waals surface area contributed by atoms with Crippen LogP contribution >= 0.6 is 24.8 Å². The molecular formula is C18H20Cl2N4O2. The Kier molecular flexibility index (Phi) is 7.49. The molecule has 6 nitrogen and oxygen atoms in total. The number of aromatic hydroxyl groups is 1. The first-order valence-electron chi connectivity index (χ1n) is 7.53. The predicted molar refractivity (Wildman–Crippen MR) is 108 cm³/mol. The van der Waals surface area contributed by atoms with E-state index >= 15 is 0 Å². The number of phenolic OH excluding ortho intramolecular Hbond substituents is 1. The van der Waals surface area contributed by atoms with Gasteiger partial charge >= 0.3 is 0 Å². The van der Waals surface area contributed by atoms with Crippen molar-refractivity contribution in [2.75, 3.05) is 5.32 Å². The Labute approximate surface area is 163 Å². The number of benzene rings is 2. The maximum Gasteiger partial charge on any atom is 0.224 e. The van der Waals surface area contributed by atoms with Crippen LogP contribution in [0.5, 0.6) is 5.75 Å². The second-order valence-electron chi connectivity index (χ2n) is 5.59. The molecule has 0 spiro atoms. The quantitative estimate of drug-likeness (QED) is 0.491. The van der Waals surface area contributed by atoms with E-state index in [1.54, 1.807) is 31.3 Å². The summed E-state index contributed by atoms with van der Waals surface area (Å²) in [5.74, 6) is -0.722.